The smallest absolute Gasteiger partial charge is 0.342 e. The van der Waals surface area contributed by atoms with Crippen LogP contribution in [0.5, 0.6) is 5.88 Å². The second-order valence-corrected chi connectivity index (χ2v) is 3.34. The van der Waals surface area contributed by atoms with Crippen molar-refractivity contribution in [2.45, 2.75) is 0 Å². The lowest BCUT2D eigenvalue weighted by Crippen LogP contribution is -2.11. The van der Waals surface area contributed by atoms with Gasteiger partial charge in [-0.2, -0.15) is 4.39 Å². The van der Waals surface area contributed by atoms with Gasteiger partial charge in [0.05, 0.1) is 24.9 Å². The molecule has 0 aliphatic rings. The van der Waals surface area contributed by atoms with E-state index in [-0.39, 0.29) is 24.1 Å². The zero-order chi connectivity index (χ0) is 12.8. The molecule has 0 aromatic carbocycles. The Kier molecular flexibility index (Phi) is 5.11. The number of esters is 1. The van der Waals surface area contributed by atoms with Gasteiger partial charge >= 0.3 is 5.97 Å². The van der Waals surface area contributed by atoms with Crippen LogP contribution in [-0.2, 0) is 9.47 Å². The Morgan fingerprint density at radius 1 is 1.47 bits per heavy atom. The summed E-state index contributed by atoms with van der Waals surface area (Å²) < 4.78 is 27.9. The highest BCUT2D eigenvalue weighted by atomic mass is 35.5. The van der Waals surface area contributed by atoms with Crippen LogP contribution in [0.2, 0.25) is 5.02 Å². The summed E-state index contributed by atoms with van der Waals surface area (Å²) in [6.07, 6.45) is 1.12. The van der Waals surface area contributed by atoms with E-state index < -0.39 is 17.3 Å². The van der Waals surface area contributed by atoms with Gasteiger partial charge in [0, 0.05) is 7.11 Å². The molecule has 0 saturated carbocycles. The molecule has 17 heavy (non-hydrogen) atoms. The van der Waals surface area contributed by atoms with Crippen molar-refractivity contribution in [3.05, 3.63) is 22.6 Å². The van der Waals surface area contributed by atoms with E-state index in [0.29, 0.717) is 0 Å². The Morgan fingerprint density at radius 2 is 2.18 bits per heavy atom. The summed E-state index contributed by atoms with van der Waals surface area (Å²) in [6.45, 7) is 0.389. The van der Waals surface area contributed by atoms with E-state index in [9.17, 15) is 9.18 Å². The first-order valence-electron chi connectivity index (χ1n) is 4.65. The quantitative estimate of drug-likeness (QED) is 0.598. The minimum Gasteiger partial charge on any atom is -0.473 e. The van der Waals surface area contributed by atoms with Gasteiger partial charge in [0.15, 0.2) is 0 Å². The molecule has 7 heteroatoms. The Bertz CT molecular complexity index is 414. The van der Waals surface area contributed by atoms with Gasteiger partial charge in [-0.05, 0) is 0 Å². The Morgan fingerprint density at radius 3 is 2.76 bits per heavy atom. The number of halogens is 2. The highest BCUT2D eigenvalue weighted by Gasteiger charge is 2.22. The maximum Gasteiger partial charge on any atom is 0.342 e. The molecule has 0 N–H and O–H groups in total. The topological polar surface area (TPSA) is 57.7 Å². The molecule has 94 valence electrons. The van der Waals surface area contributed by atoms with Crippen LogP contribution >= 0.6 is 11.6 Å². The molecule has 0 bridgehead atoms. The molecule has 1 rings (SSSR count). The van der Waals surface area contributed by atoms with E-state index in [1.807, 2.05) is 0 Å². The normalized spacial score (nSPS) is 10.1. The minimum atomic E-state index is -0.944. The van der Waals surface area contributed by atoms with E-state index in [1.54, 1.807) is 0 Å². The number of ether oxygens (including phenoxy) is 3. The number of carbonyl (C=O) groups excluding carboxylic acids is 1. The van der Waals surface area contributed by atoms with Crippen molar-refractivity contribution in [3.63, 3.8) is 0 Å². The highest BCUT2D eigenvalue weighted by Crippen LogP contribution is 2.25. The molecule has 0 unspecified atom stereocenters. The maximum absolute atomic E-state index is 13.8. The second-order valence-electron chi connectivity index (χ2n) is 2.93. The van der Waals surface area contributed by atoms with Gasteiger partial charge in [0.2, 0.25) is 5.82 Å². The molecular formula is C10H11ClFNO4. The first-order chi connectivity index (χ1) is 8.11. The highest BCUT2D eigenvalue weighted by molar-refractivity contribution is 6.33. The van der Waals surface area contributed by atoms with Gasteiger partial charge in [-0.25, -0.2) is 9.78 Å². The lowest BCUT2D eigenvalue weighted by atomic mass is 10.2. The molecule has 0 radical (unpaired) electrons. The fraction of sp³-hybridized carbons (Fsp3) is 0.400. The summed E-state index contributed by atoms with van der Waals surface area (Å²) in [7, 11) is 2.61. The monoisotopic (exact) mass is 263 g/mol. The molecule has 1 aromatic heterocycles. The third-order valence-corrected chi connectivity index (χ3v) is 2.14. The van der Waals surface area contributed by atoms with E-state index in [0.717, 1.165) is 13.3 Å². The first-order valence-corrected chi connectivity index (χ1v) is 5.03. The van der Waals surface area contributed by atoms with Crippen molar-refractivity contribution in [1.29, 1.82) is 0 Å². The zero-order valence-corrected chi connectivity index (χ0v) is 10.1. The van der Waals surface area contributed by atoms with Gasteiger partial charge in [-0.3, -0.25) is 0 Å². The van der Waals surface area contributed by atoms with Crippen LogP contribution in [-0.4, -0.2) is 38.4 Å². The molecule has 5 nitrogen and oxygen atoms in total. The van der Waals surface area contributed by atoms with Gasteiger partial charge in [-0.15, -0.1) is 0 Å². The molecule has 1 aromatic rings. The van der Waals surface area contributed by atoms with E-state index in [4.69, 9.17) is 21.1 Å². The van der Waals surface area contributed by atoms with E-state index in [2.05, 4.69) is 9.72 Å². The SMILES string of the molecule is COCCOc1ncc(Cl)c(C(=O)OC)c1F. The Labute approximate surface area is 102 Å². The van der Waals surface area contributed by atoms with Crippen molar-refractivity contribution >= 4 is 17.6 Å². The van der Waals surface area contributed by atoms with Crippen molar-refractivity contribution in [2.75, 3.05) is 27.4 Å². The van der Waals surface area contributed by atoms with Crippen LogP contribution in [0.1, 0.15) is 10.4 Å². The summed E-state index contributed by atoms with van der Waals surface area (Å²) in [6, 6.07) is 0. The standard InChI is InChI=1S/C10H11ClFNO4/c1-15-3-4-17-9-8(12)7(10(14)16-2)6(11)5-13-9/h5H,3-4H2,1-2H3. The van der Waals surface area contributed by atoms with Crippen LogP contribution in [0.4, 0.5) is 4.39 Å². The van der Waals surface area contributed by atoms with Crippen LogP contribution in [0.3, 0.4) is 0 Å². The van der Waals surface area contributed by atoms with Gasteiger partial charge in [-0.1, -0.05) is 11.6 Å². The third-order valence-electron chi connectivity index (χ3n) is 1.86. The molecule has 0 amide bonds. The lowest BCUT2D eigenvalue weighted by molar-refractivity contribution is 0.0593. The average Bonchev–Trinajstić information content (AvgIpc) is 2.32. The second kappa shape index (κ2) is 6.36. The van der Waals surface area contributed by atoms with Gasteiger partial charge in [0.25, 0.3) is 5.88 Å². The number of methoxy groups -OCH3 is 2. The average molecular weight is 264 g/mol. The van der Waals surface area contributed by atoms with Crippen LogP contribution in [0, 0.1) is 5.82 Å². The summed E-state index contributed by atoms with van der Waals surface area (Å²) >= 11 is 5.65. The number of aromatic nitrogens is 1. The number of carbonyl (C=O) groups is 1. The maximum atomic E-state index is 13.8. The summed E-state index contributed by atoms with van der Waals surface area (Å²) in [4.78, 5) is 14.9. The summed E-state index contributed by atoms with van der Waals surface area (Å²) in [5, 5.41) is -0.131. The minimum absolute atomic E-state index is 0.114. The Balaban J connectivity index is 2.97. The summed E-state index contributed by atoms with van der Waals surface area (Å²) in [5.41, 5.74) is -0.392. The molecule has 0 aliphatic carbocycles. The van der Waals surface area contributed by atoms with Crippen molar-refractivity contribution in [1.82, 2.24) is 4.98 Å². The number of hydrogen-bond acceptors (Lipinski definition) is 5. The molecule has 0 spiro atoms. The first kappa shape index (κ1) is 13.7. The fourth-order valence-corrected chi connectivity index (χ4v) is 1.27. The number of hydrogen-bond donors (Lipinski definition) is 0. The number of rotatable bonds is 5. The van der Waals surface area contributed by atoms with E-state index in [1.165, 1.54) is 7.11 Å². The zero-order valence-electron chi connectivity index (χ0n) is 9.33. The molecule has 0 atom stereocenters. The van der Waals surface area contributed by atoms with Gasteiger partial charge < -0.3 is 14.2 Å². The van der Waals surface area contributed by atoms with Crippen molar-refractivity contribution in [3.8, 4) is 5.88 Å². The van der Waals surface area contributed by atoms with E-state index >= 15 is 0 Å². The van der Waals surface area contributed by atoms with Crippen LogP contribution in [0.15, 0.2) is 6.20 Å². The molecule has 0 saturated heterocycles. The molecular weight excluding hydrogens is 253 g/mol. The van der Waals surface area contributed by atoms with Gasteiger partial charge in [0.1, 0.15) is 12.2 Å². The van der Waals surface area contributed by atoms with Crippen molar-refractivity contribution in [2.24, 2.45) is 0 Å². The predicted octanol–water partition coefficient (Wildman–Crippen LogP) is 1.69. The molecule has 0 fully saturated rings. The summed E-state index contributed by atoms with van der Waals surface area (Å²) in [5.74, 6) is -2.14. The fourth-order valence-electron chi connectivity index (χ4n) is 1.06. The van der Waals surface area contributed by atoms with Crippen LogP contribution in [0.25, 0.3) is 0 Å². The Hall–Kier alpha value is -1.40. The lowest BCUT2D eigenvalue weighted by Gasteiger charge is -2.09. The largest absolute Gasteiger partial charge is 0.473 e. The molecule has 1 heterocycles. The third kappa shape index (κ3) is 3.28. The molecule has 0 aliphatic heterocycles. The predicted molar refractivity (Wildman–Crippen MR) is 57.9 cm³/mol. The van der Waals surface area contributed by atoms with Crippen LogP contribution < -0.4 is 4.74 Å². The number of nitrogens with zero attached hydrogens (tertiary/aromatic N) is 1. The number of pyridine rings is 1. The van der Waals surface area contributed by atoms with Crippen molar-refractivity contribution < 1.29 is 23.4 Å².